The third-order valence-electron chi connectivity index (χ3n) is 3.94. The van der Waals surface area contributed by atoms with Crippen LogP contribution in [0.1, 0.15) is 34.1 Å². The molecule has 0 atom stereocenters. The van der Waals surface area contributed by atoms with Gasteiger partial charge in [0.2, 0.25) is 0 Å². The summed E-state index contributed by atoms with van der Waals surface area (Å²) in [7, 11) is -4.17. The van der Waals surface area contributed by atoms with Crippen LogP contribution < -0.4 is 10.2 Å². The average molecular weight is 424 g/mol. The monoisotopic (exact) mass is 423 g/mol. The molecular formula is C21H31N2O3S2-. The molecule has 0 aliphatic carbocycles. The number of anilines is 1. The van der Waals surface area contributed by atoms with E-state index in [1.807, 2.05) is 43.0 Å². The van der Waals surface area contributed by atoms with Crippen LogP contribution >= 0.6 is 11.8 Å². The Morgan fingerprint density at radius 1 is 1.11 bits per heavy atom. The molecule has 1 N–H and O–H groups in total. The number of thioether (sulfide) groups is 1. The van der Waals surface area contributed by atoms with Crippen molar-refractivity contribution in [3.8, 4) is 0 Å². The predicted octanol–water partition coefficient (Wildman–Crippen LogP) is 4.80. The Morgan fingerprint density at radius 3 is 2.32 bits per heavy atom. The van der Waals surface area contributed by atoms with Crippen molar-refractivity contribution in [1.29, 1.82) is 0 Å². The van der Waals surface area contributed by atoms with E-state index in [-0.39, 0.29) is 5.75 Å². The normalized spacial score (nSPS) is 12.8. The van der Waals surface area contributed by atoms with Gasteiger partial charge in [0, 0.05) is 22.6 Å². The smallest absolute Gasteiger partial charge is 0.0946 e. The lowest BCUT2D eigenvalue weighted by Crippen LogP contribution is -2.21. The molecule has 2 aromatic carbocycles. The predicted molar refractivity (Wildman–Crippen MR) is 121 cm³/mol. The van der Waals surface area contributed by atoms with Crippen molar-refractivity contribution in [2.45, 2.75) is 39.0 Å². The fraction of sp³-hybridized carbons (Fsp3) is 0.429. The molecule has 1 aliphatic rings. The first-order valence-electron chi connectivity index (χ1n) is 9.67. The average Bonchev–Trinajstić information content (AvgIpc) is 2.99. The highest BCUT2D eigenvalue weighted by atomic mass is 32.2. The van der Waals surface area contributed by atoms with Crippen molar-refractivity contribution < 1.29 is 13.0 Å². The Kier molecular flexibility index (Phi) is 10.6. The highest BCUT2D eigenvalue weighted by molar-refractivity contribution is 8.03. The molecule has 3 rings (SSSR count). The van der Waals surface area contributed by atoms with Gasteiger partial charge in [-0.2, -0.15) is 0 Å². The van der Waals surface area contributed by atoms with E-state index in [0.717, 1.165) is 39.5 Å². The van der Waals surface area contributed by atoms with E-state index in [2.05, 4.69) is 37.9 Å². The van der Waals surface area contributed by atoms with Gasteiger partial charge in [0.1, 0.15) is 0 Å². The van der Waals surface area contributed by atoms with E-state index < -0.39 is 10.1 Å². The molecule has 0 unspecified atom stereocenters. The molecule has 0 amide bonds. The van der Waals surface area contributed by atoms with Gasteiger partial charge >= 0.3 is 0 Å². The summed E-state index contributed by atoms with van der Waals surface area (Å²) in [5.74, 6) is -0.346. The Balaban J connectivity index is 0.000000490. The maximum atomic E-state index is 10.7. The van der Waals surface area contributed by atoms with Crippen molar-refractivity contribution in [3.05, 3.63) is 48.0 Å². The molecule has 0 saturated heterocycles. The molecule has 156 valence electrons. The van der Waals surface area contributed by atoms with Gasteiger partial charge < -0.3 is 14.8 Å². The maximum Gasteiger partial charge on any atom is 0.0946 e. The number of hydrogen-bond acceptors (Lipinski definition) is 6. The topological polar surface area (TPSA) is 72.5 Å². The highest BCUT2D eigenvalue weighted by Crippen LogP contribution is 2.48. The molecular weight excluding hydrogens is 392 g/mol. The van der Waals surface area contributed by atoms with Crippen molar-refractivity contribution >= 4 is 38.3 Å². The molecule has 0 spiro atoms. The molecule has 7 heteroatoms. The van der Waals surface area contributed by atoms with E-state index in [1.165, 1.54) is 0 Å². The zero-order chi connectivity index (χ0) is 21.2. The van der Waals surface area contributed by atoms with Crippen LogP contribution in [0.5, 0.6) is 0 Å². The van der Waals surface area contributed by atoms with E-state index in [9.17, 15) is 13.0 Å². The summed E-state index contributed by atoms with van der Waals surface area (Å²) in [5, 5.41) is 6.23. The standard InChI is InChI=1S/C15H15NO3S2.C4H11N.C2H6/c1-11-16(9-4-10-21(17,18)19)15-13-6-3-2-5-12(13)7-8-14(15)20-11;1-3-5-4-2;1-2/h2-3,5-8H,1,4,9-10H2,(H,17,18,19);5H,3-4H2,1-2H3;1-2H3/p-1. The molecule has 5 nitrogen and oxygen atoms in total. The number of rotatable bonds is 6. The minimum atomic E-state index is -4.17. The first-order valence-corrected chi connectivity index (χ1v) is 12.1. The summed E-state index contributed by atoms with van der Waals surface area (Å²) in [4.78, 5) is 3.12. The number of hydrogen-bond donors (Lipinski definition) is 1. The minimum absolute atomic E-state index is 0.300. The fourth-order valence-corrected chi connectivity index (χ4v) is 4.27. The molecule has 0 fully saturated rings. The summed E-state index contributed by atoms with van der Waals surface area (Å²) in [5.41, 5.74) is 1.06. The van der Waals surface area contributed by atoms with Crippen molar-refractivity contribution in [3.63, 3.8) is 0 Å². The molecule has 0 bridgehead atoms. The van der Waals surface area contributed by atoms with E-state index in [0.29, 0.717) is 13.0 Å². The molecule has 0 aromatic heterocycles. The van der Waals surface area contributed by atoms with Crippen molar-refractivity contribution in [2.75, 3.05) is 30.3 Å². The Bertz CT molecular complexity index is 865. The number of benzene rings is 2. The van der Waals surface area contributed by atoms with Gasteiger partial charge in [0.25, 0.3) is 0 Å². The second-order valence-corrected chi connectivity index (χ2v) is 8.49. The van der Waals surface area contributed by atoms with Crippen LogP contribution in [0.2, 0.25) is 0 Å². The number of fused-ring (bicyclic) bond motifs is 3. The van der Waals surface area contributed by atoms with E-state index in [1.54, 1.807) is 11.8 Å². The highest BCUT2D eigenvalue weighted by Gasteiger charge is 2.25. The van der Waals surface area contributed by atoms with Gasteiger partial charge in [-0.25, -0.2) is 8.42 Å². The third-order valence-corrected chi connectivity index (χ3v) is 5.73. The van der Waals surface area contributed by atoms with Crippen LogP contribution in [0, 0.1) is 0 Å². The zero-order valence-corrected chi connectivity index (χ0v) is 18.8. The van der Waals surface area contributed by atoms with Gasteiger partial charge in [0.05, 0.1) is 20.8 Å². The quantitative estimate of drug-likeness (QED) is 0.673. The lowest BCUT2D eigenvalue weighted by atomic mass is 10.1. The first kappa shape index (κ1) is 24.5. The summed E-state index contributed by atoms with van der Waals surface area (Å²) >= 11 is 1.58. The van der Waals surface area contributed by atoms with E-state index in [4.69, 9.17) is 0 Å². The first-order chi connectivity index (χ1) is 13.4. The van der Waals surface area contributed by atoms with Crippen LogP contribution in [0.3, 0.4) is 0 Å². The Morgan fingerprint density at radius 2 is 1.75 bits per heavy atom. The second-order valence-electron chi connectivity index (χ2n) is 5.85. The third kappa shape index (κ3) is 7.13. The minimum Gasteiger partial charge on any atom is -0.748 e. The maximum absolute atomic E-state index is 10.7. The second kappa shape index (κ2) is 12.1. The Hall–Kier alpha value is -1.54. The van der Waals surface area contributed by atoms with Crippen molar-refractivity contribution in [2.24, 2.45) is 0 Å². The SMILES string of the molecule is C=C1Sc2ccc3ccccc3c2N1CCCS(=O)(=O)[O-].CC.CCNCC. The fourth-order valence-electron chi connectivity index (χ4n) is 2.79. The molecule has 1 heterocycles. The van der Waals surface area contributed by atoms with Crippen LogP contribution in [-0.2, 0) is 10.1 Å². The van der Waals surface area contributed by atoms with Gasteiger partial charge in [-0.05, 0) is 31.0 Å². The summed E-state index contributed by atoms with van der Waals surface area (Å²) < 4.78 is 32.2. The lowest BCUT2D eigenvalue weighted by molar-refractivity contribution is 0.461. The van der Waals surface area contributed by atoms with Gasteiger partial charge in [-0.1, -0.05) is 76.4 Å². The summed E-state index contributed by atoms with van der Waals surface area (Å²) in [6, 6.07) is 12.2. The van der Waals surface area contributed by atoms with Gasteiger partial charge in [-0.3, -0.25) is 0 Å². The number of nitrogens with one attached hydrogen (secondary N) is 1. The molecule has 28 heavy (non-hydrogen) atoms. The van der Waals surface area contributed by atoms with Crippen LogP contribution in [0.25, 0.3) is 10.8 Å². The molecule has 0 saturated carbocycles. The molecule has 0 radical (unpaired) electrons. The summed E-state index contributed by atoms with van der Waals surface area (Å²) in [6.07, 6.45) is 0.300. The molecule has 1 aliphatic heterocycles. The van der Waals surface area contributed by atoms with Crippen LogP contribution in [0.15, 0.2) is 52.9 Å². The lowest BCUT2D eigenvalue weighted by Gasteiger charge is -2.21. The van der Waals surface area contributed by atoms with Gasteiger partial charge in [0.15, 0.2) is 0 Å². The number of nitrogens with zero attached hydrogens (tertiary/aromatic N) is 1. The zero-order valence-electron chi connectivity index (χ0n) is 17.2. The van der Waals surface area contributed by atoms with Crippen LogP contribution in [0.4, 0.5) is 5.69 Å². The van der Waals surface area contributed by atoms with Crippen LogP contribution in [-0.4, -0.2) is 38.4 Å². The van der Waals surface area contributed by atoms with E-state index >= 15 is 0 Å². The van der Waals surface area contributed by atoms with Gasteiger partial charge in [-0.15, -0.1) is 0 Å². The van der Waals surface area contributed by atoms with Crippen molar-refractivity contribution in [1.82, 2.24) is 5.32 Å². The molecule has 2 aromatic rings. The Labute approximate surface area is 174 Å². The summed E-state index contributed by atoms with van der Waals surface area (Å²) in [6.45, 7) is 14.9. The largest absolute Gasteiger partial charge is 0.748 e.